The fraction of sp³-hybridized carbons (Fsp3) is 0.778. The van der Waals surface area contributed by atoms with Gasteiger partial charge < -0.3 is 4.42 Å². The van der Waals surface area contributed by atoms with Crippen molar-refractivity contribution >= 4 is 0 Å². The molecule has 1 rings (SSSR count). The van der Waals surface area contributed by atoms with Crippen LogP contribution in [-0.2, 0) is 0 Å². The molecule has 0 amide bonds. The van der Waals surface area contributed by atoms with Gasteiger partial charge in [-0.3, -0.25) is 11.3 Å². The second kappa shape index (κ2) is 11.8. The zero-order valence-corrected chi connectivity index (χ0v) is 14.0. The van der Waals surface area contributed by atoms with Crippen LogP contribution in [0.2, 0.25) is 0 Å². The first kappa shape index (κ1) is 18.2. The molecule has 0 aliphatic rings. The molecule has 0 aliphatic heterocycles. The quantitative estimate of drug-likeness (QED) is 0.291. The highest BCUT2D eigenvalue weighted by Crippen LogP contribution is 2.23. The lowest BCUT2D eigenvalue weighted by Crippen LogP contribution is -2.28. The first-order chi connectivity index (χ1) is 10.3. The molecule has 0 spiro atoms. The minimum Gasteiger partial charge on any atom is -0.469 e. The summed E-state index contributed by atoms with van der Waals surface area (Å²) in [6.45, 7) is 4.27. The van der Waals surface area contributed by atoms with Gasteiger partial charge in [0.1, 0.15) is 5.76 Å². The van der Waals surface area contributed by atoms with Crippen LogP contribution < -0.4 is 11.3 Å². The Bertz CT molecular complexity index is 349. The van der Waals surface area contributed by atoms with E-state index < -0.39 is 0 Å². The molecule has 21 heavy (non-hydrogen) atoms. The molecule has 1 aromatic heterocycles. The lowest BCUT2D eigenvalue weighted by molar-refractivity contribution is 0.460. The fourth-order valence-electron chi connectivity index (χ4n) is 2.92. The van der Waals surface area contributed by atoms with E-state index in [0.717, 1.165) is 12.2 Å². The summed E-state index contributed by atoms with van der Waals surface area (Å²) in [4.78, 5) is 0. The predicted molar refractivity (Wildman–Crippen MR) is 90.0 cm³/mol. The molecule has 1 unspecified atom stereocenters. The average molecular weight is 294 g/mol. The van der Waals surface area contributed by atoms with Gasteiger partial charge in [0.25, 0.3) is 0 Å². The Morgan fingerprint density at radius 3 is 2.05 bits per heavy atom. The Morgan fingerprint density at radius 2 is 1.57 bits per heavy atom. The monoisotopic (exact) mass is 294 g/mol. The normalized spacial score (nSPS) is 12.7. The number of hydrazine groups is 1. The van der Waals surface area contributed by atoms with Gasteiger partial charge in [-0.15, -0.1) is 0 Å². The van der Waals surface area contributed by atoms with Gasteiger partial charge in [-0.2, -0.15) is 0 Å². The van der Waals surface area contributed by atoms with Gasteiger partial charge in [0, 0.05) is 11.6 Å². The van der Waals surface area contributed by atoms with Crippen molar-refractivity contribution in [1.29, 1.82) is 0 Å². The maximum Gasteiger partial charge on any atom is 0.105 e. The summed E-state index contributed by atoms with van der Waals surface area (Å²) in [7, 11) is 0. The number of hydrogen-bond donors (Lipinski definition) is 2. The van der Waals surface area contributed by atoms with E-state index in [9.17, 15) is 0 Å². The molecule has 122 valence electrons. The number of furan rings is 1. The van der Waals surface area contributed by atoms with E-state index in [1.165, 1.54) is 69.8 Å². The van der Waals surface area contributed by atoms with E-state index in [1.807, 2.05) is 13.0 Å². The van der Waals surface area contributed by atoms with Crippen molar-refractivity contribution in [2.24, 2.45) is 5.84 Å². The number of unbranched alkanes of at least 4 members (excludes halogenated alkanes) is 9. The summed E-state index contributed by atoms with van der Waals surface area (Å²) < 4.78 is 5.35. The second-order valence-electron chi connectivity index (χ2n) is 6.12. The molecule has 0 aliphatic carbocycles. The van der Waals surface area contributed by atoms with Gasteiger partial charge in [-0.25, -0.2) is 0 Å². The number of hydrogen-bond acceptors (Lipinski definition) is 3. The molecule has 0 aromatic carbocycles. The third kappa shape index (κ3) is 7.68. The fourth-order valence-corrected chi connectivity index (χ4v) is 2.92. The zero-order chi connectivity index (χ0) is 15.3. The van der Waals surface area contributed by atoms with Gasteiger partial charge in [-0.05, 0) is 19.4 Å². The smallest absolute Gasteiger partial charge is 0.105 e. The highest BCUT2D eigenvalue weighted by Gasteiger charge is 2.13. The van der Waals surface area contributed by atoms with Crippen molar-refractivity contribution in [3.8, 4) is 0 Å². The van der Waals surface area contributed by atoms with Crippen LogP contribution in [0.15, 0.2) is 16.7 Å². The Labute approximate surface area is 130 Å². The van der Waals surface area contributed by atoms with Crippen molar-refractivity contribution < 1.29 is 4.42 Å². The van der Waals surface area contributed by atoms with E-state index in [1.54, 1.807) is 6.26 Å². The molecule has 3 nitrogen and oxygen atoms in total. The predicted octanol–water partition coefficient (Wildman–Crippen LogP) is 5.40. The van der Waals surface area contributed by atoms with Crippen molar-refractivity contribution in [2.75, 3.05) is 0 Å². The molecular weight excluding hydrogens is 260 g/mol. The summed E-state index contributed by atoms with van der Waals surface area (Å²) in [5.74, 6) is 6.64. The second-order valence-corrected chi connectivity index (χ2v) is 6.12. The molecule has 3 N–H and O–H groups in total. The highest BCUT2D eigenvalue weighted by molar-refractivity contribution is 5.19. The summed E-state index contributed by atoms with van der Waals surface area (Å²) >= 11 is 0. The van der Waals surface area contributed by atoms with Crippen LogP contribution in [0.5, 0.6) is 0 Å². The number of nitrogens with one attached hydrogen (secondary N) is 1. The van der Waals surface area contributed by atoms with E-state index in [-0.39, 0.29) is 6.04 Å². The molecule has 1 aromatic rings. The molecule has 0 radical (unpaired) electrons. The van der Waals surface area contributed by atoms with Gasteiger partial charge in [-0.1, -0.05) is 71.1 Å². The van der Waals surface area contributed by atoms with Gasteiger partial charge in [0.05, 0.1) is 6.26 Å². The lowest BCUT2D eigenvalue weighted by Gasteiger charge is -2.15. The Kier molecular flexibility index (Phi) is 10.3. The average Bonchev–Trinajstić information content (AvgIpc) is 2.91. The molecule has 3 heteroatoms. The van der Waals surface area contributed by atoms with Crippen molar-refractivity contribution in [2.45, 2.75) is 90.5 Å². The largest absolute Gasteiger partial charge is 0.469 e. The summed E-state index contributed by atoms with van der Waals surface area (Å²) in [5.41, 5.74) is 4.12. The molecule has 0 bridgehead atoms. The Morgan fingerprint density at radius 1 is 1.00 bits per heavy atom. The summed E-state index contributed by atoms with van der Waals surface area (Å²) in [5, 5.41) is 0. The molecule has 0 saturated carbocycles. The molecule has 1 atom stereocenters. The van der Waals surface area contributed by atoms with E-state index in [0.29, 0.717) is 0 Å². The number of nitrogens with two attached hydrogens (primary N) is 1. The Hall–Kier alpha value is -0.800. The third-order valence-electron chi connectivity index (χ3n) is 4.32. The lowest BCUT2D eigenvalue weighted by atomic mass is 10.0. The minimum absolute atomic E-state index is 0.234. The van der Waals surface area contributed by atoms with Gasteiger partial charge in [0.15, 0.2) is 0 Å². The van der Waals surface area contributed by atoms with Crippen LogP contribution in [0.3, 0.4) is 0 Å². The Balaban J connectivity index is 1.99. The first-order valence-corrected chi connectivity index (χ1v) is 8.79. The van der Waals surface area contributed by atoms with Crippen molar-refractivity contribution in [3.05, 3.63) is 23.7 Å². The van der Waals surface area contributed by atoms with Crippen molar-refractivity contribution in [1.82, 2.24) is 5.43 Å². The molecule has 0 saturated heterocycles. The summed E-state index contributed by atoms with van der Waals surface area (Å²) in [6, 6.07) is 2.26. The van der Waals surface area contributed by atoms with Gasteiger partial charge in [0.2, 0.25) is 0 Å². The molecule has 1 heterocycles. The van der Waals surface area contributed by atoms with Crippen LogP contribution >= 0.6 is 0 Å². The van der Waals surface area contributed by atoms with E-state index >= 15 is 0 Å². The zero-order valence-electron chi connectivity index (χ0n) is 14.0. The minimum atomic E-state index is 0.234. The third-order valence-corrected chi connectivity index (χ3v) is 4.32. The van der Waals surface area contributed by atoms with E-state index in [4.69, 9.17) is 10.3 Å². The topological polar surface area (TPSA) is 51.2 Å². The van der Waals surface area contributed by atoms with Crippen LogP contribution in [0, 0.1) is 6.92 Å². The number of aryl methyl sites for hydroxylation is 1. The van der Waals surface area contributed by atoms with Crippen molar-refractivity contribution in [3.63, 3.8) is 0 Å². The standard InChI is InChI=1S/C18H34N2O/c1-3-4-5-6-7-8-9-10-11-12-13-18(20-19)17-14-15-21-16(17)2/h14-15,18,20H,3-13,19H2,1-2H3. The molecule has 0 fully saturated rings. The van der Waals surface area contributed by atoms with E-state index in [2.05, 4.69) is 12.3 Å². The van der Waals surface area contributed by atoms with Gasteiger partial charge >= 0.3 is 0 Å². The number of rotatable bonds is 13. The first-order valence-electron chi connectivity index (χ1n) is 8.79. The maximum atomic E-state index is 5.66. The van der Waals surface area contributed by atoms with Crippen LogP contribution in [0.25, 0.3) is 0 Å². The summed E-state index contributed by atoms with van der Waals surface area (Å²) in [6.07, 6.45) is 16.5. The van der Waals surface area contributed by atoms with Crippen LogP contribution in [0.1, 0.15) is 94.9 Å². The maximum absolute atomic E-state index is 5.66. The molecular formula is C18H34N2O. The van der Waals surface area contributed by atoms with Crippen LogP contribution in [0.4, 0.5) is 0 Å². The van der Waals surface area contributed by atoms with Crippen LogP contribution in [-0.4, -0.2) is 0 Å². The SMILES string of the molecule is CCCCCCCCCCCCC(NN)c1ccoc1C. The highest BCUT2D eigenvalue weighted by atomic mass is 16.3.